The van der Waals surface area contributed by atoms with Crippen LogP contribution in [0.15, 0.2) is 12.1 Å². The summed E-state index contributed by atoms with van der Waals surface area (Å²) in [4.78, 5) is 0. The number of benzene rings is 1. The lowest BCUT2D eigenvalue weighted by Gasteiger charge is -2.36. The van der Waals surface area contributed by atoms with Gasteiger partial charge in [0.15, 0.2) is 0 Å². The third kappa shape index (κ3) is 3.77. The van der Waals surface area contributed by atoms with Gasteiger partial charge >= 0.3 is 0 Å². The Morgan fingerprint density at radius 2 is 1.65 bits per heavy atom. The molecule has 0 unspecified atom stereocenters. The first-order valence-corrected chi connectivity index (χ1v) is 8.43. The summed E-state index contributed by atoms with van der Waals surface area (Å²) >= 11 is 6.26. The highest BCUT2D eigenvalue weighted by molar-refractivity contribution is 6.18. The Morgan fingerprint density at radius 3 is 2.20 bits per heavy atom. The second-order valence-electron chi connectivity index (χ2n) is 6.68. The van der Waals surface area contributed by atoms with Gasteiger partial charge in [-0.25, -0.2) is 0 Å². The van der Waals surface area contributed by atoms with E-state index in [-0.39, 0.29) is 0 Å². The number of aryl methyl sites for hydroxylation is 3. The first kappa shape index (κ1) is 15.9. The van der Waals surface area contributed by atoms with E-state index in [1.807, 2.05) is 0 Å². The summed E-state index contributed by atoms with van der Waals surface area (Å²) in [6.45, 7) is 8.63. The van der Waals surface area contributed by atoms with E-state index in [9.17, 15) is 0 Å². The fraction of sp³-hybridized carbons (Fsp3) is 0.667. The van der Waals surface area contributed by atoms with Crippen molar-refractivity contribution in [2.45, 2.75) is 59.4 Å². The van der Waals surface area contributed by atoms with E-state index >= 15 is 0 Å². The van der Waals surface area contributed by atoms with Crippen molar-refractivity contribution in [3.63, 3.8) is 0 Å². The molecule has 0 atom stereocenters. The molecule has 0 spiro atoms. The van der Waals surface area contributed by atoms with Crippen LogP contribution < -0.4 is 5.32 Å². The Balaban J connectivity index is 1.95. The summed E-state index contributed by atoms with van der Waals surface area (Å²) in [7, 11) is 0. The van der Waals surface area contributed by atoms with Crippen molar-refractivity contribution in [3.8, 4) is 0 Å². The SMILES string of the molecule is Cc1cc(C)c(CNCC2(CCl)CCCCC2)c(C)c1. The molecule has 0 amide bonds. The molecule has 1 fully saturated rings. The Kier molecular flexibility index (Phi) is 5.51. The van der Waals surface area contributed by atoms with Crippen molar-refractivity contribution in [1.29, 1.82) is 0 Å². The Bertz CT molecular complexity index is 424. The zero-order valence-electron chi connectivity index (χ0n) is 13.2. The molecule has 1 aliphatic carbocycles. The van der Waals surface area contributed by atoms with Crippen LogP contribution in [0.1, 0.15) is 54.4 Å². The summed E-state index contributed by atoms with van der Waals surface area (Å²) in [5.41, 5.74) is 5.95. The van der Waals surface area contributed by atoms with Gasteiger partial charge in [0.1, 0.15) is 0 Å². The van der Waals surface area contributed by atoms with Crippen molar-refractivity contribution in [3.05, 3.63) is 34.4 Å². The minimum Gasteiger partial charge on any atom is -0.312 e. The van der Waals surface area contributed by atoms with Gasteiger partial charge < -0.3 is 5.32 Å². The van der Waals surface area contributed by atoms with Gasteiger partial charge in [0.2, 0.25) is 0 Å². The third-order valence-electron chi connectivity index (χ3n) is 4.84. The molecule has 20 heavy (non-hydrogen) atoms. The molecule has 1 aliphatic rings. The second kappa shape index (κ2) is 6.95. The topological polar surface area (TPSA) is 12.0 Å². The van der Waals surface area contributed by atoms with Crippen molar-refractivity contribution < 1.29 is 0 Å². The van der Waals surface area contributed by atoms with Gasteiger partial charge in [-0.2, -0.15) is 0 Å². The zero-order chi connectivity index (χ0) is 14.6. The number of rotatable bonds is 5. The van der Waals surface area contributed by atoms with Gasteiger partial charge in [0.25, 0.3) is 0 Å². The number of halogens is 1. The van der Waals surface area contributed by atoms with Crippen LogP contribution in [0, 0.1) is 26.2 Å². The molecule has 0 saturated heterocycles. The highest BCUT2D eigenvalue weighted by Crippen LogP contribution is 2.36. The monoisotopic (exact) mass is 293 g/mol. The molecule has 2 rings (SSSR count). The van der Waals surface area contributed by atoms with Gasteiger partial charge in [0.05, 0.1) is 0 Å². The molecule has 0 heterocycles. The minimum absolute atomic E-state index is 0.340. The molecule has 1 nitrogen and oxygen atoms in total. The lowest BCUT2D eigenvalue weighted by atomic mass is 9.75. The Hall–Kier alpha value is -0.530. The minimum atomic E-state index is 0.340. The van der Waals surface area contributed by atoms with E-state index in [0.29, 0.717) is 5.41 Å². The van der Waals surface area contributed by atoms with Crippen molar-refractivity contribution in [2.24, 2.45) is 5.41 Å². The van der Waals surface area contributed by atoms with Crippen LogP contribution in [0.4, 0.5) is 0 Å². The van der Waals surface area contributed by atoms with Crippen LogP contribution in [0.2, 0.25) is 0 Å². The first-order chi connectivity index (χ1) is 9.56. The molecule has 112 valence electrons. The molecule has 0 aromatic heterocycles. The Labute approximate surface area is 129 Å². The molecule has 2 heteroatoms. The van der Waals surface area contributed by atoms with Gasteiger partial charge in [-0.3, -0.25) is 0 Å². The molecule has 0 aliphatic heterocycles. The standard InChI is InChI=1S/C18H28ClN/c1-14-9-15(2)17(16(3)10-14)11-20-13-18(12-19)7-5-4-6-8-18/h9-10,20H,4-8,11-13H2,1-3H3. The smallest absolute Gasteiger partial charge is 0.0292 e. The fourth-order valence-corrected chi connectivity index (χ4v) is 3.96. The second-order valence-corrected chi connectivity index (χ2v) is 6.94. The highest BCUT2D eigenvalue weighted by Gasteiger charge is 2.30. The largest absolute Gasteiger partial charge is 0.312 e. The van der Waals surface area contributed by atoms with E-state index < -0.39 is 0 Å². The normalized spacial score (nSPS) is 18.2. The van der Waals surface area contributed by atoms with E-state index in [1.165, 1.54) is 54.4 Å². The molecule has 1 aromatic carbocycles. The van der Waals surface area contributed by atoms with Crippen LogP contribution in [0.25, 0.3) is 0 Å². The lowest BCUT2D eigenvalue weighted by molar-refractivity contribution is 0.212. The predicted molar refractivity (Wildman–Crippen MR) is 88.6 cm³/mol. The predicted octanol–water partition coefficient (Wildman–Crippen LogP) is 4.89. The van der Waals surface area contributed by atoms with Crippen LogP contribution >= 0.6 is 11.6 Å². The van der Waals surface area contributed by atoms with Gasteiger partial charge in [-0.1, -0.05) is 37.0 Å². The van der Waals surface area contributed by atoms with Gasteiger partial charge in [-0.15, -0.1) is 11.6 Å². The molecule has 1 aromatic rings. The van der Waals surface area contributed by atoms with Crippen molar-refractivity contribution in [1.82, 2.24) is 5.32 Å². The highest BCUT2D eigenvalue weighted by atomic mass is 35.5. The summed E-state index contributed by atoms with van der Waals surface area (Å²) < 4.78 is 0. The van der Waals surface area contributed by atoms with Gasteiger partial charge in [0, 0.05) is 19.0 Å². The average Bonchev–Trinajstić information content (AvgIpc) is 2.43. The van der Waals surface area contributed by atoms with Gasteiger partial charge in [-0.05, 0) is 55.7 Å². The zero-order valence-corrected chi connectivity index (χ0v) is 13.9. The van der Waals surface area contributed by atoms with E-state index in [1.54, 1.807) is 0 Å². The molecular formula is C18H28ClN. The van der Waals surface area contributed by atoms with Crippen LogP contribution in [0.5, 0.6) is 0 Å². The summed E-state index contributed by atoms with van der Waals surface area (Å²) in [6.07, 6.45) is 6.65. The van der Waals surface area contributed by atoms with Crippen molar-refractivity contribution >= 4 is 11.6 Å². The van der Waals surface area contributed by atoms with E-state index in [2.05, 4.69) is 38.2 Å². The Morgan fingerprint density at radius 1 is 1.05 bits per heavy atom. The maximum atomic E-state index is 6.26. The summed E-state index contributed by atoms with van der Waals surface area (Å²) in [5.74, 6) is 0.797. The van der Waals surface area contributed by atoms with Crippen molar-refractivity contribution in [2.75, 3.05) is 12.4 Å². The van der Waals surface area contributed by atoms with E-state index in [0.717, 1.165) is 19.0 Å². The number of nitrogens with one attached hydrogen (secondary N) is 1. The van der Waals surface area contributed by atoms with Crippen LogP contribution in [0.3, 0.4) is 0 Å². The molecular weight excluding hydrogens is 266 g/mol. The van der Waals surface area contributed by atoms with Crippen LogP contribution in [-0.4, -0.2) is 12.4 Å². The molecule has 1 N–H and O–H groups in total. The number of hydrogen-bond acceptors (Lipinski definition) is 1. The summed E-state index contributed by atoms with van der Waals surface area (Å²) in [6, 6.07) is 4.56. The maximum absolute atomic E-state index is 6.26. The third-order valence-corrected chi connectivity index (χ3v) is 5.41. The summed E-state index contributed by atoms with van der Waals surface area (Å²) in [5, 5.41) is 3.68. The molecule has 0 bridgehead atoms. The maximum Gasteiger partial charge on any atom is 0.0292 e. The van der Waals surface area contributed by atoms with E-state index in [4.69, 9.17) is 11.6 Å². The first-order valence-electron chi connectivity index (χ1n) is 7.90. The molecule has 1 saturated carbocycles. The molecule has 0 radical (unpaired) electrons. The number of hydrogen-bond donors (Lipinski definition) is 1. The lowest BCUT2D eigenvalue weighted by Crippen LogP contribution is -2.37. The number of alkyl halides is 1. The average molecular weight is 294 g/mol. The fourth-order valence-electron chi connectivity index (χ4n) is 3.60. The van der Waals surface area contributed by atoms with Crippen LogP contribution in [-0.2, 0) is 6.54 Å². The quantitative estimate of drug-likeness (QED) is 0.762.